The van der Waals surface area contributed by atoms with Gasteiger partial charge in [-0.3, -0.25) is 0 Å². The Kier molecular flexibility index (Phi) is 5.13. The minimum Gasteiger partial charge on any atom is -0.393 e. The fraction of sp³-hybridized carbons (Fsp3) is 0.778. The first kappa shape index (κ1) is 11.6. The van der Waals surface area contributed by atoms with E-state index in [1.54, 1.807) is 19.9 Å². The van der Waals surface area contributed by atoms with Crippen molar-refractivity contribution in [2.24, 2.45) is 0 Å². The molecule has 12 heavy (non-hydrogen) atoms. The molecule has 0 rings (SSSR count). The molecule has 2 atom stereocenters. The Morgan fingerprint density at radius 1 is 1.67 bits per heavy atom. The molecular weight excluding hydrogens is 156 g/mol. The first-order valence-electron chi connectivity index (χ1n) is 4.10. The van der Waals surface area contributed by atoms with Crippen LogP contribution in [-0.2, 0) is 4.74 Å². The number of hydrogen-bond donors (Lipinski definition) is 2. The summed E-state index contributed by atoms with van der Waals surface area (Å²) in [5.41, 5.74) is -0.672. The zero-order valence-electron chi connectivity index (χ0n) is 7.79. The van der Waals surface area contributed by atoms with Gasteiger partial charge in [0.15, 0.2) is 0 Å². The molecule has 72 valence electrons. The third-order valence-electron chi connectivity index (χ3n) is 1.71. The van der Waals surface area contributed by atoms with Crippen LogP contribution in [0.1, 0.15) is 20.3 Å². The van der Waals surface area contributed by atoms with E-state index in [0.29, 0.717) is 13.0 Å². The van der Waals surface area contributed by atoms with Gasteiger partial charge in [-0.1, -0.05) is 6.08 Å². The molecule has 3 nitrogen and oxygen atoms in total. The SMILES string of the molecule is C=CC(C)(CO)OCCC(C)O. The lowest BCUT2D eigenvalue weighted by molar-refractivity contribution is -0.0414. The molecule has 2 N–H and O–H groups in total. The Balaban J connectivity index is 3.66. The van der Waals surface area contributed by atoms with Crippen LogP contribution >= 0.6 is 0 Å². The van der Waals surface area contributed by atoms with Crippen LogP contribution in [0.5, 0.6) is 0 Å². The second-order valence-electron chi connectivity index (χ2n) is 3.16. The topological polar surface area (TPSA) is 49.7 Å². The van der Waals surface area contributed by atoms with Gasteiger partial charge in [-0.25, -0.2) is 0 Å². The van der Waals surface area contributed by atoms with Gasteiger partial charge in [0.05, 0.1) is 19.3 Å². The van der Waals surface area contributed by atoms with Gasteiger partial charge in [-0.15, -0.1) is 6.58 Å². The lowest BCUT2D eigenvalue weighted by atomic mass is 10.1. The van der Waals surface area contributed by atoms with E-state index in [-0.39, 0.29) is 12.7 Å². The van der Waals surface area contributed by atoms with E-state index in [1.165, 1.54) is 0 Å². The molecule has 0 spiro atoms. The van der Waals surface area contributed by atoms with Crippen molar-refractivity contribution in [3.63, 3.8) is 0 Å². The maximum Gasteiger partial charge on any atom is 0.106 e. The van der Waals surface area contributed by atoms with E-state index in [0.717, 1.165) is 0 Å². The molecule has 0 aromatic rings. The number of hydrogen-bond acceptors (Lipinski definition) is 3. The molecular formula is C9H18O3. The summed E-state index contributed by atoms with van der Waals surface area (Å²) in [6.07, 6.45) is 1.77. The number of aliphatic hydroxyl groups is 2. The smallest absolute Gasteiger partial charge is 0.106 e. The molecule has 0 aliphatic heterocycles. The van der Waals surface area contributed by atoms with Crippen LogP contribution in [0.2, 0.25) is 0 Å². The first-order valence-corrected chi connectivity index (χ1v) is 4.10. The minimum absolute atomic E-state index is 0.0870. The lowest BCUT2D eigenvalue weighted by Crippen LogP contribution is -2.31. The van der Waals surface area contributed by atoms with Crippen LogP contribution in [0, 0.1) is 0 Å². The van der Waals surface area contributed by atoms with E-state index < -0.39 is 5.60 Å². The van der Waals surface area contributed by atoms with Gasteiger partial charge >= 0.3 is 0 Å². The molecule has 0 aliphatic carbocycles. The molecule has 0 radical (unpaired) electrons. The van der Waals surface area contributed by atoms with Crippen LogP contribution in [0.3, 0.4) is 0 Å². The normalized spacial score (nSPS) is 18.3. The molecule has 0 amide bonds. The lowest BCUT2D eigenvalue weighted by Gasteiger charge is -2.23. The molecule has 0 bridgehead atoms. The number of ether oxygens (including phenoxy) is 1. The third kappa shape index (κ3) is 4.49. The highest BCUT2D eigenvalue weighted by Gasteiger charge is 2.18. The fourth-order valence-corrected chi connectivity index (χ4v) is 0.632. The van der Waals surface area contributed by atoms with Gasteiger partial charge in [0, 0.05) is 0 Å². The Morgan fingerprint density at radius 2 is 2.25 bits per heavy atom. The van der Waals surface area contributed by atoms with Gasteiger partial charge in [0.2, 0.25) is 0 Å². The average molecular weight is 174 g/mol. The first-order chi connectivity index (χ1) is 5.54. The van der Waals surface area contributed by atoms with Crippen molar-refractivity contribution >= 4 is 0 Å². The van der Waals surface area contributed by atoms with Gasteiger partial charge in [0.1, 0.15) is 5.60 Å². The zero-order valence-corrected chi connectivity index (χ0v) is 7.79. The molecule has 0 aromatic heterocycles. The third-order valence-corrected chi connectivity index (χ3v) is 1.71. The highest BCUT2D eigenvalue weighted by Crippen LogP contribution is 2.10. The standard InChI is InChI=1S/C9H18O3/c1-4-9(3,7-10)12-6-5-8(2)11/h4,8,10-11H,1,5-7H2,2-3H3. The van der Waals surface area contributed by atoms with E-state index in [9.17, 15) is 0 Å². The summed E-state index contributed by atoms with van der Waals surface area (Å²) < 4.78 is 5.31. The van der Waals surface area contributed by atoms with Gasteiger partial charge in [0.25, 0.3) is 0 Å². The second-order valence-corrected chi connectivity index (χ2v) is 3.16. The van der Waals surface area contributed by atoms with Crippen molar-refractivity contribution in [3.8, 4) is 0 Å². The Hall–Kier alpha value is -0.380. The van der Waals surface area contributed by atoms with Gasteiger partial charge in [-0.2, -0.15) is 0 Å². The predicted octanol–water partition coefficient (Wildman–Crippen LogP) is 0.711. The predicted molar refractivity (Wildman–Crippen MR) is 47.9 cm³/mol. The van der Waals surface area contributed by atoms with E-state index in [4.69, 9.17) is 14.9 Å². The monoisotopic (exact) mass is 174 g/mol. The van der Waals surface area contributed by atoms with Crippen LogP contribution < -0.4 is 0 Å². The molecule has 0 fully saturated rings. The summed E-state index contributed by atoms with van der Waals surface area (Å²) in [5.74, 6) is 0. The quantitative estimate of drug-likeness (QED) is 0.583. The molecule has 0 heterocycles. The molecule has 0 saturated heterocycles. The number of aliphatic hydroxyl groups excluding tert-OH is 2. The Bertz CT molecular complexity index is 134. The summed E-state index contributed by atoms with van der Waals surface area (Å²) in [4.78, 5) is 0. The number of rotatable bonds is 6. The summed E-state index contributed by atoms with van der Waals surface area (Å²) in [6, 6.07) is 0. The van der Waals surface area contributed by atoms with Gasteiger partial charge < -0.3 is 14.9 Å². The van der Waals surface area contributed by atoms with Crippen LogP contribution in [-0.4, -0.2) is 35.1 Å². The van der Waals surface area contributed by atoms with Crippen molar-refractivity contribution in [2.75, 3.05) is 13.2 Å². The maximum atomic E-state index is 8.93. The molecule has 3 heteroatoms. The van der Waals surface area contributed by atoms with E-state index in [1.807, 2.05) is 0 Å². The summed E-state index contributed by atoms with van der Waals surface area (Å²) >= 11 is 0. The van der Waals surface area contributed by atoms with Crippen molar-refractivity contribution < 1.29 is 14.9 Å². The van der Waals surface area contributed by atoms with E-state index >= 15 is 0 Å². The second kappa shape index (κ2) is 5.30. The van der Waals surface area contributed by atoms with Crippen molar-refractivity contribution in [2.45, 2.75) is 32.0 Å². The van der Waals surface area contributed by atoms with E-state index in [2.05, 4.69) is 6.58 Å². The highest BCUT2D eigenvalue weighted by atomic mass is 16.5. The van der Waals surface area contributed by atoms with Crippen LogP contribution in [0.25, 0.3) is 0 Å². The fourth-order valence-electron chi connectivity index (χ4n) is 0.632. The maximum absolute atomic E-state index is 8.93. The molecule has 2 unspecified atom stereocenters. The molecule has 0 saturated carbocycles. The average Bonchev–Trinajstić information content (AvgIpc) is 2.03. The summed E-state index contributed by atoms with van der Waals surface area (Å²) in [7, 11) is 0. The summed E-state index contributed by atoms with van der Waals surface area (Å²) in [5, 5.41) is 17.8. The van der Waals surface area contributed by atoms with Gasteiger partial charge in [-0.05, 0) is 20.3 Å². The van der Waals surface area contributed by atoms with Crippen molar-refractivity contribution in [1.82, 2.24) is 0 Å². The van der Waals surface area contributed by atoms with Crippen LogP contribution in [0.15, 0.2) is 12.7 Å². The largest absolute Gasteiger partial charge is 0.393 e. The van der Waals surface area contributed by atoms with Crippen LogP contribution in [0.4, 0.5) is 0 Å². The zero-order chi connectivity index (χ0) is 9.61. The summed E-state index contributed by atoms with van der Waals surface area (Å²) in [6.45, 7) is 7.35. The van der Waals surface area contributed by atoms with Crippen molar-refractivity contribution in [1.29, 1.82) is 0 Å². The highest BCUT2D eigenvalue weighted by molar-refractivity contribution is 4.93. The molecule has 0 aliphatic rings. The molecule has 0 aromatic carbocycles. The minimum atomic E-state index is -0.672. The van der Waals surface area contributed by atoms with Crippen molar-refractivity contribution in [3.05, 3.63) is 12.7 Å². The Labute approximate surface area is 73.7 Å². The Morgan fingerprint density at radius 3 is 2.58 bits per heavy atom.